The van der Waals surface area contributed by atoms with Gasteiger partial charge in [-0.05, 0) is 78.6 Å². The maximum Gasteiger partial charge on any atom is 0.384 e. The van der Waals surface area contributed by atoms with E-state index >= 15 is 0 Å². The third-order valence-electron chi connectivity index (χ3n) is 3.74. The number of hydrogen-bond acceptors (Lipinski definition) is 5. The highest BCUT2D eigenvalue weighted by atomic mass is 28.3. The quantitative estimate of drug-likeness (QED) is 0.218. The first-order valence-corrected chi connectivity index (χ1v) is 13.4. The minimum absolute atomic E-state index is 0.719. The molecule has 27 heavy (non-hydrogen) atoms. The van der Waals surface area contributed by atoms with Gasteiger partial charge in [-0.15, -0.1) is 0 Å². The molecule has 0 atom stereocenters. The smallest absolute Gasteiger partial charge is 0.384 e. The Morgan fingerprint density at radius 2 is 0.963 bits per heavy atom. The van der Waals surface area contributed by atoms with Gasteiger partial charge in [0.2, 0.25) is 0 Å². The third kappa shape index (κ3) is 14.2. The van der Waals surface area contributed by atoms with E-state index in [1.165, 1.54) is 0 Å². The van der Waals surface area contributed by atoms with Gasteiger partial charge in [0.1, 0.15) is 0 Å². The molecule has 0 aromatic heterocycles. The zero-order valence-electron chi connectivity index (χ0n) is 18.3. The van der Waals surface area contributed by atoms with E-state index in [2.05, 4.69) is 12.2 Å². The first-order chi connectivity index (χ1) is 13.1. The van der Waals surface area contributed by atoms with E-state index in [1.807, 2.05) is 41.5 Å². The Balaban J connectivity index is 4.28. The van der Waals surface area contributed by atoms with Gasteiger partial charge in [0.05, 0.1) is 11.5 Å². The molecule has 5 nitrogen and oxygen atoms in total. The van der Waals surface area contributed by atoms with Gasteiger partial charge >= 0.3 is 18.6 Å². The summed E-state index contributed by atoms with van der Waals surface area (Å²) in [6.45, 7) is 15.0. The Labute approximate surface area is 170 Å². The molecule has 0 aliphatic carbocycles. The lowest BCUT2D eigenvalue weighted by Gasteiger charge is -2.16. The fourth-order valence-corrected chi connectivity index (χ4v) is 5.47. The Bertz CT molecular complexity index is 354. The second kappa shape index (κ2) is 18.9. The van der Waals surface area contributed by atoms with E-state index in [-0.39, 0.29) is 0 Å². The summed E-state index contributed by atoms with van der Waals surface area (Å²) in [5, 5.41) is 0. The summed E-state index contributed by atoms with van der Waals surface area (Å²) in [4.78, 5) is 0. The normalized spacial score (nSPS) is 13.0. The Morgan fingerprint density at radius 3 is 1.22 bits per heavy atom. The molecular weight excluding hydrogens is 376 g/mol. The van der Waals surface area contributed by atoms with Crippen molar-refractivity contribution in [1.82, 2.24) is 0 Å². The molecule has 0 unspecified atom stereocenters. The van der Waals surface area contributed by atoms with Gasteiger partial charge in [0.25, 0.3) is 0 Å². The molecule has 0 rings (SSSR count). The zero-order chi connectivity index (χ0) is 20.3. The van der Waals surface area contributed by atoms with Crippen molar-refractivity contribution in [1.29, 1.82) is 0 Å². The van der Waals surface area contributed by atoms with Gasteiger partial charge in [-0.1, -0.05) is 0 Å². The molecule has 0 aromatic rings. The highest BCUT2D eigenvalue weighted by molar-refractivity contribution is 6.44. The average Bonchev–Trinajstić information content (AvgIpc) is 2.66. The molecule has 0 fully saturated rings. The summed E-state index contributed by atoms with van der Waals surface area (Å²) in [6, 6.07) is 1.96. The molecular formula is C20H40O5Si2. The minimum atomic E-state index is -1.14. The van der Waals surface area contributed by atoms with E-state index < -0.39 is 18.6 Å². The molecule has 0 saturated heterocycles. The van der Waals surface area contributed by atoms with Gasteiger partial charge in [-0.2, -0.15) is 0 Å². The van der Waals surface area contributed by atoms with Gasteiger partial charge in [0.15, 0.2) is 0 Å². The molecule has 0 amide bonds. The molecule has 7 heteroatoms. The van der Waals surface area contributed by atoms with Crippen LogP contribution >= 0.6 is 0 Å². The largest absolute Gasteiger partial charge is 0.467 e. The SMILES string of the molecule is CC=C(CCC[Si](OCC)OCC)OC(=CC)CCC[Si](OCC)OCC. The van der Waals surface area contributed by atoms with Crippen LogP contribution in [0.3, 0.4) is 0 Å². The summed E-state index contributed by atoms with van der Waals surface area (Å²) in [5.41, 5.74) is 0. The molecule has 0 spiro atoms. The highest BCUT2D eigenvalue weighted by Gasteiger charge is 2.16. The number of ether oxygens (including phenoxy) is 1. The van der Waals surface area contributed by atoms with Crippen molar-refractivity contribution in [3.8, 4) is 0 Å². The van der Waals surface area contributed by atoms with Crippen LogP contribution in [0.25, 0.3) is 0 Å². The molecule has 0 aliphatic rings. The lowest BCUT2D eigenvalue weighted by Crippen LogP contribution is -2.22. The Morgan fingerprint density at radius 1 is 0.630 bits per heavy atom. The van der Waals surface area contributed by atoms with Crippen LogP contribution in [0.15, 0.2) is 23.7 Å². The van der Waals surface area contributed by atoms with Crippen molar-refractivity contribution < 1.29 is 22.4 Å². The van der Waals surface area contributed by atoms with Crippen LogP contribution in [0.4, 0.5) is 0 Å². The van der Waals surface area contributed by atoms with Crippen molar-refractivity contribution >= 4 is 18.6 Å². The van der Waals surface area contributed by atoms with Crippen LogP contribution in [0, 0.1) is 0 Å². The fourth-order valence-electron chi connectivity index (χ4n) is 2.51. The average molecular weight is 417 g/mol. The number of allylic oxidation sites excluding steroid dienone is 4. The molecule has 0 heterocycles. The summed E-state index contributed by atoms with van der Waals surface area (Å²) in [5.74, 6) is 2.05. The predicted octanol–water partition coefficient (Wildman–Crippen LogP) is 5.49. The first kappa shape index (κ1) is 26.6. The van der Waals surface area contributed by atoms with Crippen LogP contribution in [0.5, 0.6) is 0 Å². The molecule has 2 radical (unpaired) electrons. The van der Waals surface area contributed by atoms with Gasteiger partial charge in [0, 0.05) is 39.3 Å². The molecule has 0 N–H and O–H groups in total. The Hall–Kier alpha value is -0.446. The van der Waals surface area contributed by atoms with Gasteiger partial charge in [-0.25, -0.2) is 0 Å². The summed E-state index contributed by atoms with van der Waals surface area (Å²) < 4.78 is 28.9. The third-order valence-corrected chi connectivity index (χ3v) is 7.70. The number of rotatable bonds is 18. The van der Waals surface area contributed by atoms with Crippen LogP contribution in [-0.4, -0.2) is 45.0 Å². The van der Waals surface area contributed by atoms with E-state index in [1.54, 1.807) is 0 Å². The molecule has 0 saturated carbocycles. The monoisotopic (exact) mass is 416 g/mol. The molecule has 158 valence electrons. The van der Waals surface area contributed by atoms with Crippen molar-refractivity contribution in [2.75, 3.05) is 26.4 Å². The van der Waals surface area contributed by atoms with Gasteiger partial charge in [-0.3, -0.25) is 0 Å². The molecule has 0 aliphatic heterocycles. The van der Waals surface area contributed by atoms with E-state index in [0.717, 1.165) is 75.7 Å². The summed E-state index contributed by atoms with van der Waals surface area (Å²) in [6.07, 6.45) is 7.99. The second-order valence-electron chi connectivity index (χ2n) is 5.80. The van der Waals surface area contributed by atoms with Crippen LogP contribution < -0.4 is 0 Å². The maximum atomic E-state index is 6.13. The predicted molar refractivity (Wildman–Crippen MR) is 115 cm³/mol. The second-order valence-corrected chi connectivity index (χ2v) is 9.44. The van der Waals surface area contributed by atoms with E-state index in [4.69, 9.17) is 22.4 Å². The van der Waals surface area contributed by atoms with Crippen LogP contribution in [-0.2, 0) is 22.4 Å². The van der Waals surface area contributed by atoms with Crippen LogP contribution in [0.1, 0.15) is 67.2 Å². The number of hydrogen-bond donors (Lipinski definition) is 0. The fraction of sp³-hybridized carbons (Fsp3) is 0.800. The van der Waals surface area contributed by atoms with Crippen molar-refractivity contribution in [3.63, 3.8) is 0 Å². The van der Waals surface area contributed by atoms with Crippen molar-refractivity contribution in [3.05, 3.63) is 23.7 Å². The van der Waals surface area contributed by atoms with Crippen LogP contribution in [0.2, 0.25) is 12.1 Å². The lowest BCUT2D eigenvalue weighted by molar-refractivity contribution is 0.211. The lowest BCUT2D eigenvalue weighted by atomic mass is 10.2. The van der Waals surface area contributed by atoms with Gasteiger partial charge < -0.3 is 22.4 Å². The maximum absolute atomic E-state index is 6.13. The summed E-state index contributed by atoms with van der Waals surface area (Å²) in [7, 11) is -2.28. The van der Waals surface area contributed by atoms with Crippen molar-refractivity contribution in [2.45, 2.75) is 79.3 Å². The molecule has 0 bridgehead atoms. The summed E-state index contributed by atoms with van der Waals surface area (Å²) >= 11 is 0. The first-order valence-electron chi connectivity index (χ1n) is 10.4. The minimum Gasteiger partial charge on any atom is -0.467 e. The van der Waals surface area contributed by atoms with Crippen molar-refractivity contribution in [2.24, 2.45) is 0 Å². The van der Waals surface area contributed by atoms with E-state index in [0.29, 0.717) is 0 Å². The standard InChI is InChI=1S/C20H40O5Si2/c1-7-19(15-13-17-26(21-9-3)22-10-4)25-20(8-2)16-14-18-27(23-11-5)24-12-6/h7-8H,9-18H2,1-6H3. The molecule has 0 aromatic carbocycles. The highest BCUT2D eigenvalue weighted by Crippen LogP contribution is 2.20. The van der Waals surface area contributed by atoms with E-state index in [9.17, 15) is 0 Å². The zero-order valence-corrected chi connectivity index (χ0v) is 20.3. The topological polar surface area (TPSA) is 46.2 Å². The Kier molecular flexibility index (Phi) is 18.6.